The van der Waals surface area contributed by atoms with Crippen molar-refractivity contribution >= 4 is 33.4 Å². The topological polar surface area (TPSA) is 69.9 Å². The van der Waals surface area contributed by atoms with E-state index in [0.29, 0.717) is 5.75 Å². The SMILES string of the molecule is CCOC(=O)Cn1c(=NC(=O)Cc2ccc(OC)cc2)sc2cc(F)cc(F)c21. The molecule has 152 valence electrons. The van der Waals surface area contributed by atoms with Crippen LogP contribution < -0.4 is 9.54 Å². The molecule has 0 radical (unpaired) electrons. The zero-order valence-corrected chi connectivity index (χ0v) is 16.6. The number of aromatic nitrogens is 1. The van der Waals surface area contributed by atoms with Crippen LogP contribution >= 0.6 is 11.3 Å². The molecule has 0 spiro atoms. The molecule has 0 aliphatic heterocycles. The lowest BCUT2D eigenvalue weighted by Gasteiger charge is -2.06. The first-order valence-corrected chi connectivity index (χ1v) is 9.57. The second-order valence-corrected chi connectivity index (χ2v) is 7.05. The van der Waals surface area contributed by atoms with E-state index >= 15 is 0 Å². The number of benzene rings is 2. The molecular weight excluding hydrogens is 402 g/mol. The Morgan fingerprint density at radius 3 is 2.55 bits per heavy atom. The lowest BCUT2D eigenvalue weighted by molar-refractivity contribution is -0.143. The summed E-state index contributed by atoms with van der Waals surface area (Å²) in [4.78, 5) is 28.5. The standard InChI is InChI=1S/C20H18F2N2O4S/c1-3-28-18(26)11-24-19-15(22)9-13(21)10-16(19)29-20(24)23-17(25)8-12-4-6-14(27-2)7-5-12/h4-7,9-10H,3,8,11H2,1-2H3. The van der Waals surface area contributed by atoms with Gasteiger partial charge in [-0.1, -0.05) is 23.5 Å². The monoisotopic (exact) mass is 420 g/mol. The van der Waals surface area contributed by atoms with Crippen LogP contribution in [0.4, 0.5) is 8.78 Å². The molecule has 1 amide bonds. The van der Waals surface area contributed by atoms with Gasteiger partial charge in [0, 0.05) is 6.07 Å². The molecule has 3 rings (SSSR count). The first kappa shape index (κ1) is 20.7. The minimum atomic E-state index is -0.843. The molecule has 0 saturated heterocycles. The third-order valence-electron chi connectivity index (χ3n) is 4.02. The fraction of sp³-hybridized carbons (Fsp3) is 0.250. The van der Waals surface area contributed by atoms with Crippen LogP contribution in [0.1, 0.15) is 12.5 Å². The second-order valence-electron chi connectivity index (χ2n) is 6.04. The van der Waals surface area contributed by atoms with Crippen molar-refractivity contribution < 1.29 is 27.8 Å². The van der Waals surface area contributed by atoms with E-state index in [0.717, 1.165) is 29.0 Å². The number of hydrogen-bond acceptors (Lipinski definition) is 5. The predicted molar refractivity (Wildman–Crippen MR) is 104 cm³/mol. The van der Waals surface area contributed by atoms with Gasteiger partial charge in [-0.05, 0) is 30.7 Å². The van der Waals surface area contributed by atoms with Gasteiger partial charge in [-0.2, -0.15) is 4.99 Å². The number of nitrogens with zero attached hydrogens (tertiary/aromatic N) is 2. The molecule has 2 aromatic carbocycles. The van der Waals surface area contributed by atoms with Gasteiger partial charge in [0.15, 0.2) is 10.6 Å². The number of amides is 1. The summed E-state index contributed by atoms with van der Waals surface area (Å²) in [7, 11) is 1.54. The zero-order valence-electron chi connectivity index (χ0n) is 15.8. The Balaban J connectivity index is 2.00. The fourth-order valence-corrected chi connectivity index (χ4v) is 3.85. The van der Waals surface area contributed by atoms with Crippen molar-refractivity contribution in [2.75, 3.05) is 13.7 Å². The summed E-state index contributed by atoms with van der Waals surface area (Å²) in [5.41, 5.74) is 0.718. The van der Waals surface area contributed by atoms with Gasteiger partial charge in [-0.25, -0.2) is 8.78 Å². The Morgan fingerprint density at radius 1 is 1.17 bits per heavy atom. The van der Waals surface area contributed by atoms with Gasteiger partial charge in [-0.15, -0.1) is 0 Å². The molecule has 0 aliphatic carbocycles. The quantitative estimate of drug-likeness (QED) is 0.574. The summed E-state index contributed by atoms with van der Waals surface area (Å²) < 4.78 is 39.4. The van der Waals surface area contributed by atoms with Crippen molar-refractivity contribution in [3.63, 3.8) is 0 Å². The number of hydrogen-bond donors (Lipinski definition) is 0. The highest BCUT2D eigenvalue weighted by Gasteiger charge is 2.17. The minimum absolute atomic E-state index is 0.000417. The van der Waals surface area contributed by atoms with E-state index in [-0.39, 0.29) is 34.6 Å². The number of thiazole rings is 1. The van der Waals surface area contributed by atoms with Gasteiger partial charge in [0.05, 0.1) is 30.4 Å². The first-order valence-electron chi connectivity index (χ1n) is 8.75. The molecule has 6 nitrogen and oxygen atoms in total. The third-order valence-corrected chi connectivity index (χ3v) is 5.05. The summed E-state index contributed by atoms with van der Waals surface area (Å²) in [6, 6.07) is 8.78. The van der Waals surface area contributed by atoms with Gasteiger partial charge in [0.2, 0.25) is 0 Å². The average molecular weight is 420 g/mol. The predicted octanol–water partition coefficient (Wildman–Crippen LogP) is 3.22. The van der Waals surface area contributed by atoms with Crippen LogP contribution in [0, 0.1) is 11.6 Å². The fourth-order valence-electron chi connectivity index (χ4n) is 2.76. The number of carbonyl (C=O) groups is 2. The molecule has 3 aromatic rings. The number of methoxy groups -OCH3 is 1. The van der Waals surface area contributed by atoms with Crippen molar-refractivity contribution in [2.45, 2.75) is 19.9 Å². The molecular formula is C20H18F2N2O4S. The Labute approximate surface area is 169 Å². The van der Waals surface area contributed by atoms with E-state index in [1.165, 1.54) is 4.57 Å². The molecule has 0 N–H and O–H groups in total. The van der Waals surface area contributed by atoms with Crippen LogP contribution in [0.5, 0.6) is 5.75 Å². The van der Waals surface area contributed by atoms with Gasteiger partial charge >= 0.3 is 5.97 Å². The lowest BCUT2D eigenvalue weighted by Crippen LogP contribution is -2.23. The van der Waals surface area contributed by atoms with E-state index in [4.69, 9.17) is 9.47 Å². The molecule has 0 bridgehead atoms. The van der Waals surface area contributed by atoms with Gasteiger partial charge < -0.3 is 14.0 Å². The lowest BCUT2D eigenvalue weighted by atomic mass is 10.1. The molecule has 0 aliphatic rings. The van der Waals surface area contributed by atoms with Gasteiger partial charge in [0.25, 0.3) is 5.91 Å². The van der Waals surface area contributed by atoms with Crippen molar-refractivity contribution in [3.05, 3.63) is 58.4 Å². The highest BCUT2D eigenvalue weighted by Crippen LogP contribution is 2.22. The Morgan fingerprint density at radius 2 is 1.90 bits per heavy atom. The van der Waals surface area contributed by atoms with Crippen molar-refractivity contribution in [3.8, 4) is 5.75 Å². The maximum atomic E-state index is 14.4. The van der Waals surface area contributed by atoms with Crippen molar-refractivity contribution in [1.29, 1.82) is 0 Å². The van der Waals surface area contributed by atoms with Crippen LogP contribution in [-0.2, 0) is 27.3 Å². The van der Waals surface area contributed by atoms with E-state index in [2.05, 4.69) is 4.99 Å². The molecule has 1 aromatic heterocycles. The highest BCUT2D eigenvalue weighted by atomic mass is 32.1. The molecule has 0 unspecified atom stereocenters. The third kappa shape index (κ3) is 4.86. The maximum absolute atomic E-state index is 14.4. The van der Waals surface area contributed by atoms with Crippen molar-refractivity contribution in [2.24, 2.45) is 4.99 Å². The number of rotatable bonds is 6. The molecule has 1 heterocycles. The summed E-state index contributed by atoms with van der Waals surface area (Å²) in [6.45, 7) is 1.46. The van der Waals surface area contributed by atoms with Crippen LogP contribution in [0.25, 0.3) is 10.2 Å². The smallest absolute Gasteiger partial charge is 0.326 e. The van der Waals surface area contributed by atoms with E-state index in [1.54, 1.807) is 38.3 Å². The number of ether oxygens (including phenoxy) is 2. The summed E-state index contributed by atoms with van der Waals surface area (Å²) in [5, 5.41) is 0. The maximum Gasteiger partial charge on any atom is 0.326 e. The molecule has 0 fully saturated rings. The van der Waals surface area contributed by atoms with Crippen LogP contribution in [0.15, 0.2) is 41.4 Å². The molecule has 29 heavy (non-hydrogen) atoms. The van der Waals surface area contributed by atoms with Gasteiger partial charge in [0.1, 0.15) is 18.1 Å². The van der Waals surface area contributed by atoms with E-state index < -0.39 is 23.5 Å². The van der Waals surface area contributed by atoms with Crippen LogP contribution in [0.2, 0.25) is 0 Å². The highest BCUT2D eigenvalue weighted by molar-refractivity contribution is 7.16. The summed E-state index contributed by atoms with van der Waals surface area (Å²) in [6.07, 6.45) is 0.00842. The second kappa shape index (κ2) is 8.95. The summed E-state index contributed by atoms with van der Waals surface area (Å²) in [5.74, 6) is -2.03. The average Bonchev–Trinajstić information content (AvgIpc) is 2.99. The number of carbonyl (C=O) groups excluding carboxylic acids is 2. The van der Waals surface area contributed by atoms with E-state index in [9.17, 15) is 18.4 Å². The molecule has 0 atom stereocenters. The zero-order chi connectivity index (χ0) is 21.0. The normalized spacial score (nSPS) is 11.7. The number of halogens is 2. The van der Waals surface area contributed by atoms with Crippen LogP contribution in [-0.4, -0.2) is 30.2 Å². The molecule has 0 saturated carbocycles. The Hall–Kier alpha value is -3.07. The first-order chi connectivity index (χ1) is 13.9. The summed E-state index contributed by atoms with van der Waals surface area (Å²) >= 11 is 0.925. The largest absolute Gasteiger partial charge is 0.497 e. The van der Waals surface area contributed by atoms with E-state index in [1.807, 2.05) is 0 Å². The Kier molecular flexibility index (Phi) is 6.38. The Bertz CT molecular complexity index is 1120. The number of fused-ring (bicyclic) bond motifs is 1. The van der Waals surface area contributed by atoms with Gasteiger partial charge in [-0.3, -0.25) is 9.59 Å². The minimum Gasteiger partial charge on any atom is -0.497 e. The van der Waals surface area contributed by atoms with Crippen LogP contribution in [0.3, 0.4) is 0 Å². The number of esters is 1. The molecule has 9 heteroatoms. The van der Waals surface area contributed by atoms with Crippen molar-refractivity contribution in [1.82, 2.24) is 4.57 Å².